The Morgan fingerprint density at radius 1 is 1.38 bits per heavy atom. The van der Waals surface area contributed by atoms with Crippen LogP contribution in [0.2, 0.25) is 0 Å². The summed E-state index contributed by atoms with van der Waals surface area (Å²) in [6, 6.07) is 5.83. The molecule has 90 valence electrons. The van der Waals surface area contributed by atoms with Crippen molar-refractivity contribution < 1.29 is 14.6 Å². The van der Waals surface area contributed by atoms with Gasteiger partial charge in [0.1, 0.15) is 5.75 Å². The largest absolute Gasteiger partial charge is 0.497 e. The lowest BCUT2D eigenvalue weighted by molar-refractivity contribution is 0.0595. The molecule has 1 atom stereocenters. The van der Waals surface area contributed by atoms with E-state index < -0.39 is 6.10 Å². The molecule has 0 saturated carbocycles. The zero-order valence-electron chi connectivity index (χ0n) is 9.57. The Morgan fingerprint density at radius 3 is 2.75 bits per heavy atom. The van der Waals surface area contributed by atoms with Gasteiger partial charge in [-0.1, -0.05) is 15.9 Å². The Kier molecular flexibility index (Phi) is 5.80. The highest BCUT2D eigenvalue weighted by molar-refractivity contribution is 9.10. The summed E-state index contributed by atoms with van der Waals surface area (Å²) in [5.74, 6) is 0.833. The predicted molar refractivity (Wildman–Crippen MR) is 66.9 cm³/mol. The van der Waals surface area contributed by atoms with Gasteiger partial charge >= 0.3 is 0 Å². The van der Waals surface area contributed by atoms with Crippen molar-refractivity contribution in [2.24, 2.45) is 0 Å². The fraction of sp³-hybridized carbons (Fsp3) is 0.500. The first kappa shape index (κ1) is 13.5. The fourth-order valence-electron chi connectivity index (χ4n) is 1.47. The summed E-state index contributed by atoms with van der Waals surface area (Å²) in [7, 11) is 3.23. The third kappa shape index (κ3) is 4.12. The van der Waals surface area contributed by atoms with E-state index >= 15 is 0 Å². The Bertz CT molecular complexity index is 328. The van der Waals surface area contributed by atoms with Crippen molar-refractivity contribution in [2.75, 3.05) is 20.8 Å². The number of halogens is 1. The van der Waals surface area contributed by atoms with Crippen LogP contribution in [0, 0.1) is 0 Å². The van der Waals surface area contributed by atoms with E-state index in [1.54, 1.807) is 14.2 Å². The van der Waals surface area contributed by atoms with Gasteiger partial charge < -0.3 is 14.6 Å². The van der Waals surface area contributed by atoms with Crippen LogP contribution in [0.15, 0.2) is 22.7 Å². The normalized spacial score (nSPS) is 12.5. The highest BCUT2D eigenvalue weighted by Gasteiger charge is 2.07. The van der Waals surface area contributed by atoms with Crippen molar-refractivity contribution in [2.45, 2.75) is 18.9 Å². The summed E-state index contributed by atoms with van der Waals surface area (Å²) in [6.45, 7) is 0.377. The number of aliphatic hydroxyl groups is 1. The number of aryl methyl sites for hydroxylation is 1. The summed E-state index contributed by atoms with van der Waals surface area (Å²) in [4.78, 5) is 0. The topological polar surface area (TPSA) is 38.7 Å². The molecule has 0 bridgehead atoms. The van der Waals surface area contributed by atoms with Crippen LogP contribution in [-0.4, -0.2) is 32.0 Å². The minimum absolute atomic E-state index is 0.377. The van der Waals surface area contributed by atoms with Gasteiger partial charge in [-0.15, -0.1) is 0 Å². The Morgan fingerprint density at radius 2 is 2.12 bits per heavy atom. The van der Waals surface area contributed by atoms with Gasteiger partial charge in [-0.05, 0) is 36.6 Å². The van der Waals surface area contributed by atoms with Gasteiger partial charge in [0.15, 0.2) is 0 Å². The molecule has 0 heterocycles. The fourth-order valence-corrected chi connectivity index (χ4v) is 1.91. The lowest BCUT2D eigenvalue weighted by Crippen LogP contribution is -2.14. The average Bonchev–Trinajstić information content (AvgIpc) is 2.28. The molecular weight excluding hydrogens is 272 g/mol. The molecule has 16 heavy (non-hydrogen) atoms. The molecule has 0 spiro atoms. The van der Waals surface area contributed by atoms with Gasteiger partial charge in [-0.25, -0.2) is 0 Å². The van der Waals surface area contributed by atoms with Crippen LogP contribution in [0.4, 0.5) is 0 Å². The first-order chi connectivity index (χ1) is 7.67. The number of aliphatic hydroxyl groups excluding tert-OH is 1. The van der Waals surface area contributed by atoms with E-state index in [1.807, 2.05) is 18.2 Å². The average molecular weight is 289 g/mol. The van der Waals surface area contributed by atoms with Crippen molar-refractivity contribution in [3.8, 4) is 5.75 Å². The van der Waals surface area contributed by atoms with Gasteiger partial charge in [-0.3, -0.25) is 0 Å². The van der Waals surface area contributed by atoms with E-state index in [9.17, 15) is 5.11 Å². The van der Waals surface area contributed by atoms with E-state index in [-0.39, 0.29) is 0 Å². The number of benzene rings is 1. The molecule has 0 saturated heterocycles. The minimum atomic E-state index is -0.414. The molecule has 0 aliphatic heterocycles. The summed E-state index contributed by atoms with van der Waals surface area (Å²) in [5, 5.41) is 9.56. The standard InChI is InChI=1S/C12H17BrO3/c1-15-8-10(14)4-3-9-7-11(16-2)5-6-12(9)13/h5-7,10,14H,3-4,8H2,1-2H3. The number of rotatable bonds is 6. The maximum absolute atomic E-state index is 9.56. The molecule has 0 amide bonds. The third-order valence-corrected chi connectivity index (χ3v) is 3.13. The summed E-state index contributed by atoms with van der Waals surface area (Å²) >= 11 is 3.48. The van der Waals surface area contributed by atoms with Crippen LogP contribution in [0.25, 0.3) is 0 Å². The second-order valence-electron chi connectivity index (χ2n) is 3.61. The first-order valence-corrected chi connectivity index (χ1v) is 5.96. The molecule has 4 heteroatoms. The molecule has 0 aliphatic rings. The summed E-state index contributed by atoms with van der Waals surface area (Å²) in [5.41, 5.74) is 1.13. The van der Waals surface area contributed by atoms with E-state index in [0.29, 0.717) is 13.0 Å². The van der Waals surface area contributed by atoms with Crippen LogP contribution in [-0.2, 0) is 11.2 Å². The second kappa shape index (κ2) is 6.89. The second-order valence-corrected chi connectivity index (χ2v) is 4.46. The third-order valence-electron chi connectivity index (χ3n) is 2.36. The Labute approximate surface area is 105 Å². The van der Waals surface area contributed by atoms with Gasteiger partial charge in [0.25, 0.3) is 0 Å². The molecule has 0 fully saturated rings. The van der Waals surface area contributed by atoms with Gasteiger partial charge in [0, 0.05) is 11.6 Å². The van der Waals surface area contributed by atoms with Crippen LogP contribution in [0.1, 0.15) is 12.0 Å². The van der Waals surface area contributed by atoms with Crippen LogP contribution in [0.3, 0.4) is 0 Å². The lowest BCUT2D eigenvalue weighted by atomic mass is 10.1. The minimum Gasteiger partial charge on any atom is -0.497 e. The highest BCUT2D eigenvalue weighted by Crippen LogP contribution is 2.23. The van der Waals surface area contributed by atoms with E-state index in [2.05, 4.69) is 15.9 Å². The van der Waals surface area contributed by atoms with Gasteiger partial charge in [0.2, 0.25) is 0 Å². The summed E-state index contributed by atoms with van der Waals surface area (Å²) in [6.07, 6.45) is 1.06. The smallest absolute Gasteiger partial charge is 0.119 e. The molecule has 3 nitrogen and oxygen atoms in total. The Balaban J connectivity index is 2.58. The molecule has 1 aromatic carbocycles. The highest BCUT2D eigenvalue weighted by atomic mass is 79.9. The van der Waals surface area contributed by atoms with Crippen LogP contribution in [0.5, 0.6) is 5.75 Å². The van der Waals surface area contributed by atoms with E-state index in [0.717, 1.165) is 22.2 Å². The van der Waals surface area contributed by atoms with Crippen molar-refractivity contribution in [3.05, 3.63) is 28.2 Å². The van der Waals surface area contributed by atoms with Crippen LogP contribution >= 0.6 is 15.9 Å². The van der Waals surface area contributed by atoms with Gasteiger partial charge in [-0.2, -0.15) is 0 Å². The van der Waals surface area contributed by atoms with E-state index in [4.69, 9.17) is 9.47 Å². The van der Waals surface area contributed by atoms with E-state index in [1.165, 1.54) is 0 Å². The monoisotopic (exact) mass is 288 g/mol. The number of hydrogen-bond acceptors (Lipinski definition) is 3. The zero-order chi connectivity index (χ0) is 12.0. The molecular formula is C12H17BrO3. The lowest BCUT2D eigenvalue weighted by Gasteiger charge is -2.11. The van der Waals surface area contributed by atoms with Gasteiger partial charge in [0.05, 0.1) is 19.8 Å². The van der Waals surface area contributed by atoms with Crippen molar-refractivity contribution in [1.82, 2.24) is 0 Å². The molecule has 0 aliphatic carbocycles. The van der Waals surface area contributed by atoms with Crippen molar-refractivity contribution in [1.29, 1.82) is 0 Å². The SMILES string of the molecule is COCC(O)CCc1cc(OC)ccc1Br. The number of hydrogen-bond donors (Lipinski definition) is 1. The molecule has 1 aromatic rings. The molecule has 1 unspecified atom stereocenters. The maximum Gasteiger partial charge on any atom is 0.119 e. The zero-order valence-corrected chi connectivity index (χ0v) is 11.2. The maximum atomic E-state index is 9.56. The molecule has 0 radical (unpaired) electrons. The number of ether oxygens (including phenoxy) is 2. The van der Waals surface area contributed by atoms with Crippen molar-refractivity contribution in [3.63, 3.8) is 0 Å². The molecule has 1 rings (SSSR count). The predicted octanol–water partition coefficient (Wildman–Crippen LogP) is 2.40. The quantitative estimate of drug-likeness (QED) is 0.874. The molecule has 0 aromatic heterocycles. The Hall–Kier alpha value is -0.580. The number of methoxy groups -OCH3 is 2. The first-order valence-electron chi connectivity index (χ1n) is 5.16. The summed E-state index contributed by atoms with van der Waals surface area (Å²) < 4.78 is 11.1. The van der Waals surface area contributed by atoms with Crippen LogP contribution < -0.4 is 4.74 Å². The molecule has 1 N–H and O–H groups in total. The van der Waals surface area contributed by atoms with Crippen molar-refractivity contribution >= 4 is 15.9 Å².